The quantitative estimate of drug-likeness (QED) is 0.0350. The van der Waals surface area contributed by atoms with Crippen LogP contribution in [0, 0.1) is 0 Å². The summed E-state index contributed by atoms with van der Waals surface area (Å²) in [5.41, 5.74) is 0. The molecule has 0 aliphatic rings. The number of ether oxygens (including phenoxy) is 3. The minimum Gasteiger partial charge on any atom is -0.462 e. The van der Waals surface area contributed by atoms with Crippen molar-refractivity contribution in [3.05, 3.63) is 48.6 Å². The summed E-state index contributed by atoms with van der Waals surface area (Å²) in [6.45, 7) is 7.63. The fourth-order valence-electron chi connectivity index (χ4n) is 6.75. The average molecular weight is 785 g/mol. The predicted octanol–water partition coefficient (Wildman–Crippen LogP) is 16.0. The molecule has 0 radical (unpaired) electrons. The number of unbranched alkanes of at least 4 members (excludes halogenated alkanes) is 25. The lowest BCUT2D eigenvalue weighted by Gasteiger charge is -2.18. The van der Waals surface area contributed by atoms with Gasteiger partial charge >= 0.3 is 11.9 Å². The number of allylic oxidation sites excluding steroid dienone is 8. The first-order chi connectivity index (χ1) is 27.6. The van der Waals surface area contributed by atoms with Crippen molar-refractivity contribution >= 4 is 11.9 Å². The second-order valence-corrected chi connectivity index (χ2v) is 16.0. The molecule has 0 aromatic carbocycles. The van der Waals surface area contributed by atoms with Gasteiger partial charge in [0.15, 0.2) is 6.10 Å². The lowest BCUT2D eigenvalue weighted by Crippen LogP contribution is -2.30. The van der Waals surface area contributed by atoms with Crippen LogP contribution in [0.25, 0.3) is 0 Å². The van der Waals surface area contributed by atoms with Crippen molar-refractivity contribution in [2.24, 2.45) is 0 Å². The van der Waals surface area contributed by atoms with E-state index in [-0.39, 0.29) is 25.2 Å². The van der Waals surface area contributed by atoms with E-state index < -0.39 is 6.10 Å². The Morgan fingerprint density at radius 2 is 0.804 bits per heavy atom. The Bertz CT molecular complexity index is 935. The molecule has 5 nitrogen and oxygen atoms in total. The smallest absolute Gasteiger partial charge is 0.306 e. The van der Waals surface area contributed by atoms with E-state index in [1.165, 1.54) is 135 Å². The molecule has 0 heterocycles. The van der Waals surface area contributed by atoms with Crippen LogP contribution in [0.15, 0.2) is 48.6 Å². The summed E-state index contributed by atoms with van der Waals surface area (Å²) in [7, 11) is 0. The first-order valence-electron chi connectivity index (χ1n) is 24.2. The summed E-state index contributed by atoms with van der Waals surface area (Å²) in [5, 5.41) is 0. The van der Waals surface area contributed by atoms with E-state index in [9.17, 15) is 9.59 Å². The average Bonchev–Trinajstić information content (AvgIpc) is 3.20. The van der Waals surface area contributed by atoms with E-state index in [1.54, 1.807) is 0 Å². The van der Waals surface area contributed by atoms with Crippen molar-refractivity contribution in [3.63, 3.8) is 0 Å². The summed E-state index contributed by atoms with van der Waals surface area (Å²) in [6, 6.07) is 0. The van der Waals surface area contributed by atoms with Gasteiger partial charge in [0.05, 0.1) is 6.61 Å². The van der Waals surface area contributed by atoms with Gasteiger partial charge in [-0.15, -0.1) is 0 Å². The van der Waals surface area contributed by atoms with Crippen molar-refractivity contribution in [1.29, 1.82) is 0 Å². The molecule has 326 valence electrons. The molecular formula is C51H92O5. The number of carbonyl (C=O) groups is 2. The van der Waals surface area contributed by atoms with E-state index in [2.05, 4.69) is 69.4 Å². The van der Waals surface area contributed by atoms with E-state index in [1.807, 2.05) is 0 Å². The summed E-state index contributed by atoms with van der Waals surface area (Å²) in [6.07, 6.45) is 57.2. The van der Waals surface area contributed by atoms with Gasteiger partial charge in [-0.3, -0.25) is 9.59 Å². The first-order valence-corrected chi connectivity index (χ1v) is 24.2. The van der Waals surface area contributed by atoms with E-state index >= 15 is 0 Å². The molecule has 56 heavy (non-hydrogen) atoms. The van der Waals surface area contributed by atoms with Crippen molar-refractivity contribution < 1.29 is 23.8 Å². The Balaban J connectivity index is 4.03. The zero-order valence-corrected chi connectivity index (χ0v) is 37.4. The SMILES string of the molecule is CC/C=C\C/C=C\C/C=C\CCCCCCCCOCC(COC(=O)CCCCCCCCCCC/C=C\CCCCCCCC)OC(=O)CCCCCCC. The Kier molecular flexibility index (Phi) is 45.4. The maximum Gasteiger partial charge on any atom is 0.306 e. The Hall–Kier alpha value is -2.14. The molecule has 0 rings (SSSR count). The Morgan fingerprint density at radius 1 is 0.411 bits per heavy atom. The fraction of sp³-hybridized carbons (Fsp3) is 0.804. The summed E-state index contributed by atoms with van der Waals surface area (Å²) >= 11 is 0. The van der Waals surface area contributed by atoms with Gasteiger partial charge in [0.2, 0.25) is 0 Å². The van der Waals surface area contributed by atoms with Crippen molar-refractivity contribution in [3.8, 4) is 0 Å². The molecule has 1 atom stereocenters. The molecule has 0 aromatic heterocycles. The zero-order valence-electron chi connectivity index (χ0n) is 37.4. The maximum absolute atomic E-state index is 12.6. The van der Waals surface area contributed by atoms with E-state index in [4.69, 9.17) is 14.2 Å². The Labute approximate surface area is 348 Å². The zero-order chi connectivity index (χ0) is 40.7. The minimum absolute atomic E-state index is 0.0797. The molecular weight excluding hydrogens is 693 g/mol. The lowest BCUT2D eigenvalue weighted by molar-refractivity contribution is -0.163. The van der Waals surface area contributed by atoms with Gasteiger partial charge in [0.1, 0.15) is 6.61 Å². The molecule has 0 aliphatic heterocycles. The van der Waals surface area contributed by atoms with Crippen molar-refractivity contribution in [2.75, 3.05) is 19.8 Å². The highest BCUT2D eigenvalue weighted by Gasteiger charge is 2.17. The van der Waals surface area contributed by atoms with Crippen LogP contribution in [0.1, 0.15) is 239 Å². The largest absolute Gasteiger partial charge is 0.462 e. The number of carbonyl (C=O) groups excluding carboxylic acids is 2. The van der Waals surface area contributed by atoms with Gasteiger partial charge in [0.25, 0.3) is 0 Å². The minimum atomic E-state index is -0.537. The van der Waals surface area contributed by atoms with Crippen LogP contribution >= 0.6 is 0 Å². The molecule has 5 heteroatoms. The highest BCUT2D eigenvalue weighted by atomic mass is 16.6. The molecule has 0 amide bonds. The van der Waals surface area contributed by atoms with Crippen LogP contribution in [0.5, 0.6) is 0 Å². The summed E-state index contributed by atoms with van der Waals surface area (Å²) in [5.74, 6) is -0.414. The second kappa shape index (κ2) is 47.2. The predicted molar refractivity (Wildman–Crippen MR) is 242 cm³/mol. The third-order valence-corrected chi connectivity index (χ3v) is 10.3. The molecule has 0 aromatic rings. The molecule has 0 aliphatic carbocycles. The molecule has 0 saturated heterocycles. The number of hydrogen-bond acceptors (Lipinski definition) is 5. The van der Waals surface area contributed by atoms with E-state index in [0.29, 0.717) is 19.4 Å². The molecule has 0 bridgehead atoms. The van der Waals surface area contributed by atoms with Gasteiger partial charge in [0, 0.05) is 19.4 Å². The fourth-order valence-corrected chi connectivity index (χ4v) is 6.75. The number of hydrogen-bond donors (Lipinski definition) is 0. The van der Waals surface area contributed by atoms with Gasteiger partial charge in [-0.2, -0.15) is 0 Å². The van der Waals surface area contributed by atoms with Crippen LogP contribution in [0.2, 0.25) is 0 Å². The van der Waals surface area contributed by atoms with Crippen LogP contribution in [-0.4, -0.2) is 37.9 Å². The Morgan fingerprint density at radius 3 is 1.30 bits per heavy atom. The first kappa shape index (κ1) is 53.9. The normalized spacial score (nSPS) is 12.6. The third-order valence-electron chi connectivity index (χ3n) is 10.3. The van der Waals surface area contributed by atoms with Crippen molar-refractivity contribution in [2.45, 2.75) is 245 Å². The van der Waals surface area contributed by atoms with Gasteiger partial charge in [-0.05, 0) is 77.0 Å². The number of esters is 2. The standard InChI is InChI=1S/C51H92O5/c1-4-7-10-13-15-17-19-21-23-25-26-27-28-30-32-34-36-39-41-44-50(52)55-48-49(56-51(53)45-42-38-12-9-6-3)47-54-46-43-40-37-35-33-31-29-24-22-20-18-16-14-11-8-5-2/h8,11,16,18,21-24,49H,4-7,9-10,12-15,17,19-20,25-48H2,1-3H3/b11-8-,18-16-,23-21-,24-22-. The molecule has 0 fully saturated rings. The number of rotatable bonds is 44. The topological polar surface area (TPSA) is 61.8 Å². The third kappa shape index (κ3) is 44.6. The lowest BCUT2D eigenvalue weighted by atomic mass is 10.1. The molecule has 0 saturated carbocycles. The molecule has 0 spiro atoms. The van der Waals surface area contributed by atoms with Gasteiger partial charge in [-0.25, -0.2) is 0 Å². The highest BCUT2D eigenvalue weighted by molar-refractivity contribution is 5.70. The van der Waals surface area contributed by atoms with E-state index in [0.717, 1.165) is 70.6 Å². The van der Waals surface area contributed by atoms with Crippen LogP contribution in [-0.2, 0) is 23.8 Å². The molecule has 1 unspecified atom stereocenters. The van der Waals surface area contributed by atoms with Gasteiger partial charge < -0.3 is 14.2 Å². The maximum atomic E-state index is 12.6. The highest BCUT2D eigenvalue weighted by Crippen LogP contribution is 2.14. The van der Waals surface area contributed by atoms with Crippen LogP contribution < -0.4 is 0 Å². The van der Waals surface area contributed by atoms with Crippen LogP contribution in [0.4, 0.5) is 0 Å². The second-order valence-electron chi connectivity index (χ2n) is 16.0. The monoisotopic (exact) mass is 785 g/mol. The summed E-state index contributed by atoms with van der Waals surface area (Å²) in [4.78, 5) is 25.1. The summed E-state index contributed by atoms with van der Waals surface area (Å²) < 4.78 is 17.2. The van der Waals surface area contributed by atoms with Gasteiger partial charge in [-0.1, -0.05) is 198 Å². The molecule has 0 N–H and O–H groups in total. The van der Waals surface area contributed by atoms with Crippen LogP contribution in [0.3, 0.4) is 0 Å². The van der Waals surface area contributed by atoms with Crippen molar-refractivity contribution in [1.82, 2.24) is 0 Å².